The quantitative estimate of drug-likeness (QED) is 0.596. The van der Waals surface area contributed by atoms with Gasteiger partial charge >= 0.3 is 0 Å². The highest BCUT2D eigenvalue weighted by Crippen LogP contribution is 2.15. The van der Waals surface area contributed by atoms with Crippen molar-refractivity contribution in [3.05, 3.63) is 74.8 Å². The summed E-state index contributed by atoms with van der Waals surface area (Å²) in [7, 11) is 0. The number of non-ortho nitro benzene ring substituents is 1. The highest BCUT2D eigenvalue weighted by atomic mass is 35.5. The molecule has 0 atom stereocenters. The van der Waals surface area contributed by atoms with Gasteiger partial charge in [0, 0.05) is 55.4 Å². The topological polar surface area (TPSA) is 66.7 Å². The van der Waals surface area contributed by atoms with Crippen LogP contribution in [0.1, 0.15) is 15.9 Å². The minimum Gasteiger partial charge on any atom is -0.336 e. The average molecular weight is 374 g/mol. The number of piperazine rings is 1. The summed E-state index contributed by atoms with van der Waals surface area (Å²) in [5, 5.41) is 11.4. The third-order valence-corrected chi connectivity index (χ3v) is 4.87. The van der Waals surface area contributed by atoms with Crippen molar-refractivity contribution in [2.45, 2.75) is 6.42 Å². The van der Waals surface area contributed by atoms with Gasteiger partial charge in [0.2, 0.25) is 0 Å². The fourth-order valence-corrected chi connectivity index (χ4v) is 3.15. The molecule has 1 fully saturated rings. The first-order chi connectivity index (χ1) is 12.5. The second-order valence-electron chi connectivity index (χ2n) is 6.31. The van der Waals surface area contributed by atoms with Gasteiger partial charge in [-0.1, -0.05) is 23.7 Å². The van der Waals surface area contributed by atoms with Gasteiger partial charge in [-0.3, -0.25) is 19.8 Å². The Balaban J connectivity index is 1.49. The molecular formula is C19H20ClN3O3. The van der Waals surface area contributed by atoms with E-state index in [9.17, 15) is 14.9 Å². The lowest BCUT2D eigenvalue weighted by atomic mass is 10.1. The molecule has 6 nitrogen and oxygen atoms in total. The Labute approximate surface area is 157 Å². The third kappa shape index (κ3) is 4.59. The number of nitrogens with zero attached hydrogens (tertiary/aromatic N) is 3. The molecule has 0 saturated carbocycles. The minimum absolute atomic E-state index is 0.00595. The number of benzene rings is 2. The summed E-state index contributed by atoms with van der Waals surface area (Å²) in [5.41, 5.74) is 1.73. The lowest BCUT2D eigenvalue weighted by molar-refractivity contribution is -0.384. The number of hydrogen-bond donors (Lipinski definition) is 0. The first kappa shape index (κ1) is 18.4. The molecule has 26 heavy (non-hydrogen) atoms. The van der Waals surface area contributed by atoms with Crippen LogP contribution < -0.4 is 0 Å². The van der Waals surface area contributed by atoms with Crippen molar-refractivity contribution in [1.82, 2.24) is 9.80 Å². The maximum atomic E-state index is 12.5. The number of carbonyl (C=O) groups excluding carboxylic acids is 1. The van der Waals surface area contributed by atoms with Crippen LogP contribution in [0.5, 0.6) is 0 Å². The molecule has 0 bridgehead atoms. The average Bonchev–Trinajstić information content (AvgIpc) is 2.67. The Hall–Kier alpha value is -2.44. The maximum absolute atomic E-state index is 12.5. The van der Waals surface area contributed by atoms with E-state index in [-0.39, 0.29) is 11.6 Å². The molecule has 0 N–H and O–H groups in total. The van der Waals surface area contributed by atoms with Gasteiger partial charge in [0.1, 0.15) is 0 Å². The zero-order valence-electron chi connectivity index (χ0n) is 14.3. The number of halogens is 1. The number of hydrogen-bond acceptors (Lipinski definition) is 4. The molecule has 2 aromatic rings. The Kier molecular flexibility index (Phi) is 5.85. The summed E-state index contributed by atoms with van der Waals surface area (Å²) in [6, 6.07) is 13.7. The standard InChI is InChI=1S/C19H20ClN3O3/c20-17-5-1-15(2-6-17)9-10-21-11-13-22(14-12-21)19(24)16-3-7-18(8-4-16)23(25)26/h1-8H,9-14H2. The van der Waals surface area contributed by atoms with Crippen LogP contribution in [0.25, 0.3) is 0 Å². The largest absolute Gasteiger partial charge is 0.336 e. The van der Waals surface area contributed by atoms with E-state index < -0.39 is 4.92 Å². The molecular weight excluding hydrogens is 354 g/mol. The van der Waals surface area contributed by atoms with Crippen LogP contribution >= 0.6 is 11.6 Å². The smallest absolute Gasteiger partial charge is 0.269 e. The molecule has 7 heteroatoms. The molecule has 1 amide bonds. The molecule has 0 aliphatic carbocycles. The van der Waals surface area contributed by atoms with Crippen molar-refractivity contribution in [2.24, 2.45) is 0 Å². The lowest BCUT2D eigenvalue weighted by Crippen LogP contribution is -2.49. The Morgan fingerprint density at radius 2 is 1.62 bits per heavy atom. The molecule has 0 aromatic heterocycles. The second-order valence-corrected chi connectivity index (χ2v) is 6.75. The zero-order chi connectivity index (χ0) is 18.5. The van der Waals surface area contributed by atoms with Crippen molar-refractivity contribution >= 4 is 23.2 Å². The van der Waals surface area contributed by atoms with Crippen LogP contribution in [0.15, 0.2) is 48.5 Å². The molecule has 0 unspecified atom stereocenters. The number of carbonyl (C=O) groups is 1. The van der Waals surface area contributed by atoms with Crippen molar-refractivity contribution in [3.63, 3.8) is 0 Å². The van der Waals surface area contributed by atoms with Gasteiger partial charge in [-0.2, -0.15) is 0 Å². The molecule has 1 aliphatic heterocycles. The molecule has 0 spiro atoms. The maximum Gasteiger partial charge on any atom is 0.269 e. The minimum atomic E-state index is -0.465. The van der Waals surface area contributed by atoms with Crippen LogP contribution in [0.3, 0.4) is 0 Å². The van der Waals surface area contributed by atoms with Gasteiger partial charge in [0.25, 0.3) is 11.6 Å². The van der Waals surface area contributed by atoms with E-state index in [1.807, 2.05) is 24.3 Å². The lowest BCUT2D eigenvalue weighted by Gasteiger charge is -2.34. The van der Waals surface area contributed by atoms with E-state index in [1.165, 1.54) is 29.8 Å². The van der Waals surface area contributed by atoms with Crippen molar-refractivity contribution in [3.8, 4) is 0 Å². The molecule has 1 heterocycles. The summed E-state index contributed by atoms with van der Waals surface area (Å²) in [4.78, 5) is 26.9. The van der Waals surface area contributed by atoms with Gasteiger partial charge < -0.3 is 4.90 Å². The second kappa shape index (κ2) is 8.29. The van der Waals surface area contributed by atoms with Gasteiger partial charge in [0.05, 0.1) is 4.92 Å². The predicted molar refractivity (Wildman–Crippen MR) is 101 cm³/mol. The van der Waals surface area contributed by atoms with E-state index in [4.69, 9.17) is 11.6 Å². The van der Waals surface area contributed by atoms with Gasteiger partial charge in [-0.05, 0) is 36.2 Å². The zero-order valence-corrected chi connectivity index (χ0v) is 15.1. The Morgan fingerprint density at radius 3 is 2.19 bits per heavy atom. The number of rotatable bonds is 5. The first-order valence-corrected chi connectivity index (χ1v) is 8.91. The van der Waals surface area contributed by atoms with E-state index in [0.29, 0.717) is 18.7 Å². The fraction of sp³-hybridized carbons (Fsp3) is 0.316. The van der Waals surface area contributed by atoms with Gasteiger partial charge in [-0.15, -0.1) is 0 Å². The SMILES string of the molecule is O=C(c1ccc([N+](=O)[O-])cc1)N1CCN(CCc2ccc(Cl)cc2)CC1. The Bertz CT molecular complexity index is 770. The van der Waals surface area contributed by atoms with Gasteiger partial charge in [-0.25, -0.2) is 0 Å². The highest BCUT2D eigenvalue weighted by Gasteiger charge is 2.22. The van der Waals surface area contributed by atoms with Crippen LogP contribution in [0.4, 0.5) is 5.69 Å². The molecule has 1 aliphatic rings. The van der Waals surface area contributed by atoms with E-state index in [0.717, 1.165) is 31.1 Å². The van der Waals surface area contributed by atoms with Crippen molar-refractivity contribution in [1.29, 1.82) is 0 Å². The molecule has 3 rings (SSSR count). The fourth-order valence-electron chi connectivity index (χ4n) is 3.02. The van der Waals surface area contributed by atoms with Crippen LogP contribution in [0.2, 0.25) is 5.02 Å². The number of nitro benzene ring substituents is 1. The van der Waals surface area contributed by atoms with E-state index >= 15 is 0 Å². The van der Waals surface area contributed by atoms with Crippen molar-refractivity contribution in [2.75, 3.05) is 32.7 Å². The van der Waals surface area contributed by atoms with Crippen LogP contribution in [-0.4, -0.2) is 53.4 Å². The normalized spacial score (nSPS) is 15.0. The van der Waals surface area contributed by atoms with Crippen LogP contribution in [0, 0.1) is 10.1 Å². The molecule has 2 aromatic carbocycles. The van der Waals surface area contributed by atoms with Crippen molar-refractivity contribution < 1.29 is 9.72 Å². The first-order valence-electron chi connectivity index (χ1n) is 8.53. The summed E-state index contributed by atoms with van der Waals surface area (Å²) in [6.45, 7) is 3.92. The van der Waals surface area contributed by atoms with E-state index in [2.05, 4.69) is 4.90 Å². The highest BCUT2D eigenvalue weighted by molar-refractivity contribution is 6.30. The summed E-state index contributed by atoms with van der Waals surface area (Å²) in [5.74, 6) is -0.0720. The number of nitro groups is 1. The monoisotopic (exact) mass is 373 g/mol. The Morgan fingerprint density at radius 1 is 1.00 bits per heavy atom. The third-order valence-electron chi connectivity index (χ3n) is 4.61. The summed E-state index contributed by atoms with van der Waals surface area (Å²) >= 11 is 5.90. The molecule has 0 radical (unpaired) electrons. The molecule has 1 saturated heterocycles. The van der Waals surface area contributed by atoms with E-state index in [1.54, 1.807) is 4.90 Å². The summed E-state index contributed by atoms with van der Waals surface area (Å²) < 4.78 is 0. The molecule has 136 valence electrons. The predicted octanol–water partition coefficient (Wildman–Crippen LogP) is 3.25. The van der Waals surface area contributed by atoms with Crippen LogP contribution in [-0.2, 0) is 6.42 Å². The summed E-state index contributed by atoms with van der Waals surface area (Å²) in [6.07, 6.45) is 0.952. The van der Waals surface area contributed by atoms with Gasteiger partial charge in [0.15, 0.2) is 0 Å². The number of amides is 1.